The average Bonchev–Trinajstić information content (AvgIpc) is 2.32. The molecule has 3 nitrogen and oxygen atoms in total. The Morgan fingerprint density at radius 3 is 2.56 bits per heavy atom. The van der Waals surface area contributed by atoms with Crippen molar-refractivity contribution in [1.29, 1.82) is 0 Å². The number of rotatable bonds is 1. The number of halogens is 4. The van der Waals surface area contributed by atoms with Gasteiger partial charge in [-0.3, -0.25) is 0 Å². The molecule has 0 radical (unpaired) electrons. The topological polar surface area (TPSA) is 51.8 Å². The molecule has 94 valence electrons. The van der Waals surface area contributed by atoms with Crippen LogP contribution in [-0.2, 0) is 6.18 Å². The predicted octanol–water partition coefficient (Wildman–Crippen LogP) is 3.51. The van der Waals surface area contributed by atoms with Crippen molar-refractivity contribution in [3.05, 3.63) is 40.6 Å². The quantitative estimate of drug-likeness (QED) is 0.875. The zero-order chi connectivity index (χ0) is 13.3. The Labute approximate surface area is 109 Å². The molecule has 1 heterocycles. The second kappa shape index (κ2) is 4.56. The van der Waals surface area contributed by atoms with Crippen molar-refractivity contribution >= 4 is 21.7 Å². The van der Waals surface area contributed by atoms with Crippen LogP contribution in [0, 0.1) is 0 Å². The highest BCUT2D eigenvalue weighted by molar-refractivity contribution is 9.10. The van der Waals surface area contributed by atoms with Gasteiger partial charge in [0.25, 0.3) is 0 Å². The number of nitrogen functional groups attached to an aromatic ring is 1. The second-order valence-electron chi connectivity index (χ2n) is 3.51. The van der Waals surface area contributed by atoms with Crippen LogP contribution < -0.4 is 5.73 Å². The van der Waals surface area contributed by atoms with Gasteiger partial charge in [0.2, 0.25) is 0 Å². The van der Waals surface area contributed by atoms with E-state index in [1.807, 2.05) is 0 Å². The number of hydrogen-bond donors (Lipinski definition) is 1. The van der Waals surface area contributed by atoms with Gasteiger partial charge >= 0.3 is 6.18 Å². The fourth-order valence-corrected chi connectivity index (χ4v) is 1.66. The van der Waals surface area contributed by atoms with Gasteiger partial charge in [-0.2, -0.15) is 13.2 Å². The lowest BCUT2D eigenvalue weighted by Gasteiger charge is -2.08. The smallest absolute Gasteiger partial charge is 0.381 e. The highest BCUT2D eigenvalue weighted by atomic mass is 79.9. The molecule has 1 aromatic heterocycles. The van der Waals surface area contributed by atoms with E-state index in [9.17, 15) is 13.2 Å². The van der Waals surface area contributed by atoms with Crippen molar-refractivity contribution in [2.45, 2.75) is 6.18 Å². The highest BCUT2D eigenvalue weighted by Crippen LogP contribution is 2.32. The molecule has 2 N–H and O–H groups in total. The number of aromatic nitrogens is 2. The molecular formula is C11H7BrF3N3. The molecule has 2 rings (SSSR count). The Bertz CT molecular complexity index is 584. The van der Waals surface area contributed by atoms with E-state index in [0.29, 0.717) is 15.9 Å². The minimum Gasteiger partial charge on any atom is -0.381 e. The number of benzene rings is 1. The lowest BCUT2D eigenvalue weighted by atomic mass is 10.1. The molecular weight excluding hydrogens is 311 g/mol. The van der Waals surface area contributed by atoms with E-state index in [0.717, 1.165) is 12.1 Å². The van der Waals surface area contributed by atoms with E-state index in [1.54, 1.807) is 0 Å². The maximum Gasteiger partial charge on any atom is 0.416 e. The molecule has 0 atom stereocenters. The number of alkyl halides is 3. The van der Waals surface area contributed by atoms with Gasteiger partial charge in [-0.15, -0.1) is 0 Å². The minimum absolute atomic E-state index is 0.186. The van der Waals surface area contributed by atoms with Crippen LogP contribution >= 0.6 is 15.9 Å². The van der Waals surface area contributed by atoms with E-state index in [1.165, 1.54) is 18.3 Å². The molecule has 1 aromatic carbocycles. The molecule has 0 amide bonds. The van der Waals surface area contributed by atoms with Gasteiger partial charge in [0.1, 0.15) is 4.60 Å². The normalized spacial score (nSPS) is 11.6. The molecule has 0 aliphatic carbocycles. The van der Waals surface area contributed by atoms with Crippen LogP contribution in [0.2, 0.25) is 0 Å². The van der Waals surface area contributed by atoms with E-state index < -0.39 is 11.7 Å². The van der Waals surface area contributed by atoms with Gasteiger partial charge in [0, 0.05) is 5.56 Å². The van der Waals surface area contributed by atoms with Gasteiger partial charge in [0.15, 0.2) is 5.82 Å². The summed E-state index contributed by atoms with van der Waals surface area (Å²) in [6.07, 6.45) is -3.05. The summed E-state index contributed by atoms with van der Waals surface area (Å²) >= 11 is 3.08. The molecule has 0 bridgehead atoms. The first-order valence-electron chi connectivity index (χ1n) is 4.83. The van der Waals surface area contributed by atoms with Crippen LogP contribution in [0.1, 0.15) is 5.56 Å². The number of anilines is 1. The fraction of sp³-hybridized carbons (Fsp3) is 0.0909. The number of nitrogens with zero attached hydrogens (tertiary/aromatic N) is 2. The SMILES string of the molecule is Nc1ncc(-c2cccc(C(F)(F)F)c2)nc1Br. The maximum atomic E-state index is 12.6. The van der Waals surface area contributed by atoms with E-state index in [-0.39, 0.29) is 5.82 Å². The van der Waals surface area contributed by atoms with Crippen LogP contribution in [0.3, 0.4) is 0 Å². The van der Waals surface area contributed by atoms with Crippen LogP contribution in [0.4, 0.5) is 19.0 Å². The number of hydrogen-bond acceptors (Lipinski definition) is 3. The molecule has 0 spiro atoms. The molecule has 0 saturated carbocycles. The third-order valence-electron chi connectivity index (χ3n) is 2.24. The molecule has 0 aliphatic heterocycles. The van der Waals surface area contributed by atoms with E-state index in [4.69, 9.17) is 5.73 Å². The van der Waals surface area contributed by atoms with Gasteiger partial charge in [-0.1, -0.05) is 12.1 Å². The standard InChI is InChI=1S/C11H7BrF3N3/c12-9-10(16)17-5-8(18-9)6-2-1-3-7(4-6)11(13,14)15/h1-5H,(H2,16,17). The van der Waals surface area contributed by atoms with Crippen molar-refractivity contribution in [3.63, 3.8) is 0 Å². The van der Waals surface area contributed by atoms with Gasteiger partial charge in [0.05, 0.1) is 17.5 Å². The first-order chi connectivity index (χ1) is 8.38. The molecule has 7 heteroatoms. The Morgan fingerprint density at radius 1 is 1.22 bits per heavy atom. The summed E-state index contributed by atoms with van der Waals surface area (Å²) in [6.45, 7) is 0. The Hall–Kier alpha value is -1.63. The van der Waals surface area contributed by atoms with Gasteiger partial charge in [-0.25, -0.2) is 9.97 Å². The molecule has 0 fully saturated rings. The van der Waals surface area contributed by atoms with Crippen LogP contribution in [0.15, 0.2) is 35.1 Å². The van der Waals surface area contributed by atoms with Gasteiger partial charge < -0.3 is 5.73 Å². The zero-order valence-corrected chi connectivity index (χ0v) is 10.5. The average molecular weight is 318 g/mol. The first kappa shape index (κ1) is 12.8. The Morgan fingerprint density at radius 2 is 1.94 bits per heavy atom. The summed E-state index contributed by atoms with van der Waals surface area (Å²) < 4.78 is 38.0. The summed E-state index contributed by atoms with van der Waals surface area (Å²) in [4.78, 5) is 7.86. The lowest BCUT2D eigenvalue weighted by molar-refractivity contribution is -0.137. The lowest BCUT2D eigenvalue weighted by Crippen LogP contribution is -2.04. The first-order valence-corrected chi connectivity index (χ1v) is 5.63. The summed E-state index contributed by atoms with van der Waals surface area (Å²) in [5, 5.41) is 0. The minimum atomic E-state index is -4.38. The van der Waals surface area contributed by atoms with E-state index >= 15 is 0 Å². The third-order valence-corrected chi connectivity index (χ3v) is 2.83. The summed E-state index contributed by atoms with van der Waals surface area (Å²) in [5.74, 6) is 0.186. The third kappa shape index (κ3) is 2.61. The maximum absolute atomic E-state index is 12.6. The van der Waals surface area contributed by atoms with Crippen LogP contribution in [0.25, 0.3) is 11.3 Å². The van der Waals surface area contributed by atoms with Crippen LogP contribution in [0.5, 0.6) is 0 Å². The second-order valence-corrected chi connectivity index (χ2v) is 4.26. The van der Waals surface area contributed by atoms with Crippen molar-refractivity contribution in [3.8, 4) is 11.3 Å². The Balaban J connectivity index is 2.48. The molecule has 0 saturated heterocycles. The van der Waals surface area contributed by atoms with Crippen molar-refractivity contribution < 1.29 is 13.2 Å². The van der Waals surface area contributed by atoms with Gasteiger partial charge in [-0.05, 0) is 28.1 Å². The number of nitrogens with two attached hydrogens (primary N) is 1. The van der Waals surface area contributed by atoms with Crippen molar-refractivity contribution in [2.75, 3.05) is 5.73 Å². The molecule has 0 unspecified atom stereocenters. The highest BCUT2D eigenvalue weighted by Gasteiger charge is 2.30. The summed E-state index contributed by atoms with van der Waals surface area (Å²) in [7, 11) is 0. The zero-order valence-electron chi connectivity index (χ0n) is 8.87. The van der Waals surface area contributed by atoms with Crippen molar-refractivity contribution in [1.82, 2.24) is 9.97 Å². The molecule has 18 heavy (non-hydrogen) atoms. The predicted molar refractivity (Wildman–Crippen MR) is 64.6 cm³/mol. The molecule has 2 aromatic rings. The van der Waals surface area contributed by atoms with E-state index in [2.05, 4.69) is 25.9 Å². The Kier molecular flexibility index (Phi) is 3.25. The largest absolute Gasteiger partial charge is 0.416 e. The fourth-order valence-electron chi connectivity index (χ4n) is 1.37. The van der Waals surface area contributed by atoms with Crippen molar-refractivity contribution in [2.24, 2.45) is 0 Å². The monoisotopic (exact) mass is 317 g/mol. The summed E-state index contributed by atoms with van der Waals surface area (Å²) in [6, 6.07) is 4.88. The summed E-state index contributed by atoms with van der Waals surface area (Å²) in [5.41, 5.74) is 5.39. The molecule has 0 aliphatic rings. The van der Waals surface area contributed by atoms with Crippen LogP contribution in [-0.4, -0.2) is 9.97 Å².